The SMILES string of the molecule is CC(CO)c1ccc(-n2cncn2)c(Br)c1. The first-order valence-electron chi connectivity index (χ1n) is 4.97. The van der Waals surface area contributed by atoms with Gasteiger partial charge in [-0.1, -0.05) is 13.0 Å². The fourth-order valence-corrected chi connectivity index (χ4v) is 2.03. The van der Waals surface area contributed by atoms with Gasteiger partial charge < -0.3 is 5.11 Å². The lowest BCUT2D eigenvalue weighted by Gasteiger charge is -2.11. The van der Waals surface area contributed by atoms with Crippen molar-refractivity contribution in [2.24, 2.45) is 0 Å². The highest BCUT2D eigenvalue weighted by Crippen LogP contribution is 2.25. The highest BCUT2D eigenvalue weighted by Gasteiger charge is 2.08. The van der Waals surface area contributed by atoms with E-state index < -0.39 is 0 Å². The molecule has 84 valence electrons. The summed E-state index contributed by atoms with van der Waals surface area (Å²) in [5.74, 6) is 0.140. The van der Waals surface area contributed by atoms with Gasteiger partial charge in [-0.05, 0) is 33.6 Å². The largest absolute Gasteiger partial charge is 0.396 e. The van der Waals surface area contributed by atoms with Gasteiger partial charge in [-0.3, -0.25) is 0 Å². The summed E-state index contributed by atoms with van der Waals surface area (Å²) in [7, 11) is 0. The van der Waals surface area contributed by atoms with Gasteiger partial charge in [0, 0.05) is 17.0 Å². The lowest BCUT2D eigenvalue weighted by Crippen LogP contribution is -2.01. The maximum Gasteiger partial charge on any atom is 0.138 e. The molecule has 0 fully saturated rings. The highest BCUT2D eigenvalue weighted by molar-refractivity contribution is 9.10. The second-order valence-corrected chi connectivity index (χ2v) is 4.49. The maximum atomic E-state index is 9.09. The fourth-order valence-electron chi connectivity index (χ4n) is 1.45. The lowest BCUT2D eigenvalue weighted by molar-refractivity contribution is 0.273. The molecule has 2 rings (SSSR count). The molecular formula is C11H12BrN3O. The summed E-state index contributed by atoms with van der Waals surface area (Å²) in [6.07, 6.45) is 3.14. The van der Waals surface area contributed by atoms with Gasteiger partial charge in [0.2, 0.25) is 0 Å². The first kappa shape index (κ1) is 11.3. The van der Waals surface area contributed by atoms with Crippen molar-refractivity contribution in [2.45, 2.75) is 12.8 Å². The molecule has 1 unspecified atom stereocenters. The van der Waals surface area contributed by atoms with E-state index in [1.165, 1.54) is 6.33 Å². The van der Waals surface area contributed by atoms with Crippen LogP contribution in [0.2, 0.25) is 0 Å². The third-order valence-corrected chi connectivity index (χ3v) is 3.12. The Morgan fingerprint density at radius 1 is 1.50 bits per heavy atom. The Labute approximate surface area is 102 Å². The van der Waals surface area contributed by atoms with Crippen molar-refractivity contribution in [2.75, 3.05) is 6.61 Å². The zero-order chi connectivity index (χ0) is 11.5. The van der Waals surface area contributed by atoms with E-state index in [9.17, 15) is 0 Å². The molecule has 0 amide bonds. The average molecular weight is 282 g/mol. The van der Waals surface area contributed by atoms with Crippen molar-refractivity contribution in [3.05, 3.63) is 40.9 Å². The normalized spacial score (nSPS) is 12.7. The number of aromatic nitrogens is 3. The van der Waals surface area contributed by atoms with Crippen LogP contribution in [0.5, 0.6) is 0 Å². The molecule has 5 heteroatoms. The highest BCUT2D eigenvalue weighted by atomic mass is 79.9. The first-order chi connectivity index (χ1) is 7.72. The molecule has 0 saturated carbocycles. The number of aliphatic hydroxyl groups is 1. The number of rotatable bonds is 3. The van der Waals surface area contributed by atoms with Crippen molar-refractivity contribution in [3.63, 3.8) is 0 Å². The number of halogens is 1. The van der Waals surface area contributed by atoms with Gasteiger partial charge in [-0.2, -0.15) is 5.10 Å². The topological polar surface area (TPSA) is 50.9 Å². The third kappa shape index (κ3) is 2.15. The molecule has 0 aliphatic heterocycles. The molecule has 4 nitrogen and oxygen atoms in total. The van der Waals surface area contributed by atoms with Gasteiger partial charge in [0.05, 0.1) is 5.69 Å². The minimum Gasteiger partial charge on any atom is -0.396 e. The predicted octanol–water partition coefficient (Wildman–Crippen LogP) is 2.13. The number of benzene rings is 1. The Bertz CT molecular complexity index is 470. The molecule has 0 aliphatic rings. The van der Waals surface area contributed by atoms with Crippen LogP contribution in [0, 0.1) is 0 Å². The number of hydrogen-bond acceptors (Lipinski definition) is 3. The molecule has 1 heterocycles. The van der Waals surface area contributed by atoms with Crippen molar-refractivity contribution >= 4 is 15.9 Å². The summed E-state index contributed by atoms with van der Waals surface area (Å²) in [4.78, 5) is 3.90. The van der Waals surface area contributed by atoms with Gasteiger partial charge in [-0.15, -0.1) is 0 Å². The minimum absolute atomic E-state index is 0.140. The molecule has 0 aliphatic carbocycles. The third-order valence-electron chi connectivity index (χ3n) is 2.48. The Kier molecular flexibility index (Phi) is 3.36. The Morgan fingerprint density at radius 3 is 2.88 bits per heavy atom. The lowest BCUT2D eigenvalue weighted by atomic mass is 10.0. The van der Waals surface area contributed by atoms with Crippen LogP contribution in [0.25, 0.3) is 5.69 Å². The molecule has 0 spiro atoms. The summed E-state index contributed by atoms with van der Waals surface area (Å²) < 4.78 is 2.63. The Morgan fingerprint density at radius 2 is 2.31 bits per heavy atom. The van der Waals surface area contributed by atoms with Crippen LogP contribution in [-0.4, -0.2) is 26.5 Å². The average Bonchev–Trinajstić information content (AvgIpc) is 2.81. The summed E-state index contributed by atoms with van der Waals surface area (Å²) >= 11 is 3.50. The number of nitrogens with zero attached hydrogens (tertiary/aromatic N) is 3. The van der Waals surface area contributed by atoms with E-state index in [-0.39, 0.29) is 12.5 Å². The molecule has 0 radical (unpaired) electrons. The van der Waals surface area contributed by atoms with Crippen LogP contribution in [0.1, 0.15) is 18.4 Å². The van der Waals surface area contributed by atoms with Gasteiger partial charge in [0.25, 0.3) is 0 Å². The molecule has 2 aromatic rings. The van der Waals surface area contributed by atoms with Crippen LogP contribution in [0.3, 0.4) is 0 Å². The van der Waals surface area contributed by atoms with Crippen molar-refractivity contribution in [3.8, 4) is 5.69 Å². The van der Waals surface area contributed by atoms with Crippen LogP contribution < -0.4 is 0 Å². The molecular weight excluding hydrogens is 270 g/mol. The second kappa shape index (κ2) is 4.76. The summed E-state index contributed by atoms with van der Waals surface area (Å²) in [5, 5.41) is 13.2. The van der Waals surface area contributed by atoms with Crippen LogP contribution in [0.15, 0.2) is 35.3 Å². The standard InChI is InChI=1S/C11H12BrN3O/c1-8(5-16)9-2-3-11(10(12)4-9)15-7-13-6-14-15/h2-4,6-8,16H,5H2,1H3. The number of hydrogen-bond donors (Lipinski definition) is 1. The second-order valence-electron chi connectivity index (χ2n) is 3.63. The maximum absolute atomic E-state index is 9.09. The van der Waals surface area contributed by atoms with Crippen LogP contribution in [-0.2, 0) is 0 Å². The molecule has 1 aromatic heterocycles. The minimum atomic E-state index is 0.140. The Balaban J connectivity index is 2.37. The smallest absolute Gasteiger partial charge is 0.138 e. The summed E-state index contributed by atoms with van der Waals surface area (Å²) in [6.45, 7) is 2.13. The van der Waals surface area contributed by atoms with Gasteiger partial charge in [0.15, 0.2) is 0 Å². The molecule has 16 heavy (non-hydrogen) atoms. The van der Waals surface area contributed by atoms with Gasteiger partial charge >= 0.3 is 0 Å². The van der Waals surface area contributed by atoms with E-state index >= 15 is 0 Å². The van der Waals surface area contributed by atoms with E-state index in [2.05, 4.69) is 26.0 Å². The molecule has 0 saturated heterocycles. The van der Waals surface area contributed by atoms with Crippen LogP contribution in [0.4, 0.5) is 0 Å². The Hall–Kier alpha value is -1.20. The van der Waals surface area contributed by atoms with Gasteiger partial charge in [0.1, 0.15) is 12.7 Å². The van der Waals surface area contributed by atoms with E-state index in [0.29, 0.717) is 0 Å². The molecule has 0 bridgehead atoms. The van der Waals surface area contributed by atoms with E-state index in [4.69, 9.17) is 5.11 Å². The zero-order valence-electron chi connectivity index (χ0n) is 8.84. The molecule has 1 aromatic carbocycles. The van der Waals surface area contributed by atoms with Crippen LogP contribution >= 0.6 is 15.9 Å². The molecule has 1 atom stereocenters. The van der Waals surface area contributed by atoms with E-state index in [1.54, 1.807) is 11.0 Å². The predicted molar refractivity (Wildman–Crippen MR) is 64.6 cm³/mol. The van der Waals surface area contributed by atoms with E-state index in [1.807, 2.05) is 25.1 Å². The molecule has 1 N–H and O–H groups in total. The number of aliphatic hydroxyl groups excluding tert-OH is 1. The summed E-state index contributed by atoms with van der Waals surface area (Å²) in [6, 6.07) is 5.95. The van der Waals surface area contributed by atoms with E-state index in [0.717, 1.165) is 15.7 Å². The zero-order valence-corrected chi connectivity index (χ0v) is 10.4. The first-order valence-corrected chi connectivity index (χ1v) is 5.77. The van der Waals surface area contributed by atoms with Gasteiger partial charge in [-0.25, -0.2) is 9.67 Å². The van der Waals surface area contributed by atoms with Crippen molar-refractivity contribution < 1.29 is 5.11 Å². The quantitative estimate of drug-likeness (QED) is 0.938. The van der Waals surface area contributed by atoms with Crippen molar-refractivity contribution in [1.82, 2.24) is 14.8 Å². The monoisotopic (exact) mass is 281 g/mol. The summed E-state index contributed by atoms with van der Waals surface area (Å²) in [5.41, 5.74) is 2.03. The van der Waals surface area contributed by atoms with Crippen molar-refractivity contribution in [1.29, 1.82) is 0 Å². The fraction of sp³-hybridized carbons (Fsp3) is 0.273.